The minimum atomic E-state index is -0.436. The molecule has 0 N–H and O–H groups in total. The average molecular weight is 462 g/mol. The van der Waals surface area contributed by atoms with Crippen molar-refractivity contribution < 1.29 is 14.3 Å². The number of para-hydroxylation sites is 1. The van der Waals surface area contributed by atoms with E-state index in [1.807, 2.05) is 56.6 Å². The highest BCUT2D eigenvalue weighted by molar-refractivity contribution is 7.12. The maximum absolute atomic E-state index is 13.0. The zero-order valence-electron chi connectivity index (χ0n) is 18.5. The first-order chi connectivity index (χ1) is 16.0. The van der Waals surface area contributed by atoms with Crippen LogP contribution in [0.3, 0.4) is 0 Å². The summed E-state index contributed by atoms with van der Waals surface area (Å²) in [5, 5.41) is 1.82. The zero-order chi connectivity index (χ0) is 23.4. The second kappa shape index (κ2) is 9.70. The summed E-state index contributed by atoms with van der Waals surface area (Å²) in [7, 11) is 1.83. The number of hydrogen-bond donors (Lipinski definition) is 0. The smallest absolute Gasteiger partial charge is 0.353 e. The van der Waals surface area contributed by atoms with Gasteiger partial charge < -0.3 is 9.47 Å². The highest BCUT2D eigenvalue weighted by atomic mass is 32.1. The lowest BCUT2D eigenvalue weighted by Gasteiger charge is -2.10. The molecule has 0 atom stereocenters. The second-order valence-electron chi connectivity index (χ2n) is 7.17. The van der Waals surface area contributed by atoms with Crippen LogP contribution < -0.4 is 15.0 Å². The van der Waals surface area contributed by atoms with Crippen LogP contribution >= 0.6 is 11.3 Å². The number of esters is 1. The molecule has 0 aliphatic heterocycles. The molecule has 0 spiro atoms. The Balaban J connectivity index is 1.63. The lowest BCUT2D eigenvalue weighted by molar-refractivity contribution is 0.0733. The third kappa shape index (κ3) is 4.65. The predicted octanol–water partition coefficient (Wildman–Crippen LogP) is 4.91. The number of hydrogen-bond acceptors (Lipinski definition) is 6. The molecule has 2 aromatic carbocycles. The molecule has 0 bridgehead atoms. The second-order valence-corrected chi connectivity index (χ2v) is 8.12. The van der Waals surface area contributed by atoms with E-state index in [1.165, 1.54) is 11.3 Å². The molecule has 0 unspecified atom stereocenters. The summed E-state index contributed by atoms with van der Waals surface area (Å²) in [6.07, 6.45) is 1.60. The summed E-state index contributed by atoms with van der Waals surface area (Å²) in [5.74, 6) is 0.321. The summed E-state index contributed by atoms with van der Waals surface area (Å²) >= 11 is 1.31. The molecule has 0 saturated heterocycles. The minimum absolute atomic E-state index is 0.205. The Morgan fingerprint density at radius 3 is 2.58 bits per heavy atom. The Kier molecular flexibility index (Phi) is 6.55. The summed E-state index contributed by atoms with van der Waals surface area (Å²) in [5.41, 5.74) is 2.37. The largest absolute Gasteiger partial charge is 0.490 e. The fourth-order valence-corrected chi connectivity index (χ4v) is 3.94. The van der Waals surface area contributed by atoms with Crippen LogP contribution in [0.2, 0.25) is 0 Å². The van der Waals surface area contributed by atoms with Gasteiger partial charge in [-0.05, 0) is 61.2 Å². The normalized spacial score (nSPS) is 11.1. The van der Waals surface area contributed by atoms with Crippen molar-refractivity contribution in [2.75, 3.05) is 6.61 Å². The van der Waals surface area contributed by atoms with E-state index in [2.05, 4.69) is 4.99 Å². The Hall–Kier alpha value is -3.91. The van der Waals surface area contributed by atoms with Crippen LogP contribution in [0.25, 0.3) is 5.69 Å². The first kappa shape index (κ1) is 22.3. The van der Waals surface area contributed by atoms with Crippen molar-refractivity contribution in [3.63, 3.8) is 0 Å². The minimum Gasteiger partial charge on any atom is -0.490 e. The molecule has 0 fully saturated rings. The maximum Gasteiger partial charge on any atom is 0.353 e. The first-order valence-electron chi connectivity index (χ1n) is 10.4. The summed E-state index contributed by atoms with van der Waals surface area (Å²) in [4.78, 5) is 30.3. The molecule has 7 nitrogen and oxygen atoms in total. The number of aliphatic imine (C=N–C) groups is 1. The van der Waals surface area contributed by atoms with Gasteiger partial charge >= 0.3 is 5.97 Å². The van der Waals surface area contributed by atoms with E-state index in [-0.39, 0.29) is 5.56 Å². The van der Waals surface area contributed by atoms with Crippen molar-refractivity contribution >= 4 is 29.2 Å². The van der Waals surface area contributed by atoms with E-state index in [0.717, 1.165) is 11.4 Å². The van der Waals surface area contributed by atoms with Crippen LogP contribution in [-0.2, 0) is 7.05 Å². The topological polar surface area (TPSA) is 74.8 Å². The van der Waals surface area contributed by atoms with Crippen LogP contribution in [-0.4, -0.2) is 28.2 Å². The Labute approximate surface area is 195 Å². The van der Waals surface area contributed by atoms with Gasteiger partial charge in [-0.3, -0.25) is 9.48 Å². The van der Waals surface area contributed by atoms with Crippen LogP contribution in [0.4, 0.5) is 5.69 Å². The van der Waals surface area contributed by atoms with Gasteiger partial charge in [-0.25, -0.2) is 14.5 Å². The molecule has 168 valence electrons. The van der Waals surface area contributed by atoms with Crippen LogP contribution in [0.5, 0.6) is 11.5 Å². The van der Waals surface area contributed by atoms with Crippen molar-refractivity contribution in [1.82, 2.24) is 9.36 Å². The van der Waals surface area contributed by atoms with Crippen molar-refractivity contribution in [3.8, 4) is 17.2 Å². The quantitative estimate of drug-likeness (QED) is 0.223. The predicted molar refractivity (Wildman–Crippen MR) is 130 cm³/mol. The number of aromatic nitrogens is 2. The molecule has 8 heteroatoms. The van der Waals surface area contributed by atoms with Crippen molar-refractivity contribution in [2.45, 2.75) is 13.8 Å². The molecule has 0 saturated carbocycles. The Morgan fingerprint density at radius 1 is 1.09 bits per heavy atom. The van der Waals surface area contributed by atoms with E-state index >= 15 is 0 Å². The molecule has 4 aromatic rings. The van der Waals surface area contributed by atoms with Gasteiger partial charge in [0.05, 0.1) is 18.0 Å². The van der Waals surface area contributed by atoms with Gasteiger partial charge in [-0.15, -0.1) is 11.3 Å². The molecule has 0 amide bonds. The molecule has 33 heavy (non-hydrogen) atoms. The monoisotopic (exact) mass is 461 g/mol. The van der Waals surface area contributed by atoms with E-state index < -0.39 is 5.97 Å². The number of carbonyl (C=O) groups excluding carboxylic acids is 1. The summed E-state index contributed by atoms with van der Waals surface area (Å²) < 4.78 is 14.5. The van der Waals surface area contributed by atoms with Gasteiger partial charge in [-0.1, -0.05) is 24.3 Å². The van der Waals surface area contributed by atoms with Crippen LogP contribution in [0.15, 0.2) is 75.8 Å². The number of ether oxygens (including phenoxy) is 2. The number of benzene rings is 2. The third-order valence-corrected chi connectivity index (χ3v) is 5.91. The van der Waals surface area contributed by atoms with E-state index in [4.69, 9.17) is 9.47 Å². The van der Waals surface area contributed by atoms with E-state index in [0.29, 0.717) is 34.2 Å². The fraction of sp³-hybridized carbons (Fsp3) is 0.160. The third-order valence-electron chi connectivity index (χ3n) is 5.06. The molecule has 0 radical (unpaired) electrons. The number of carbonyl (C=O) groups is 1. The fourth-order valence-electron chi connectivity index (χ4n) is 3.34. The first-order valence-corrected chi connectivity index (χ1v) is 11.3. The lowest BCUT2D eigenvalue weighted by Crippen LogP contribution is -2.19. The summed E-state index contributed by atoms with van der Waals surface area (Å²) in [6.45, 7) is 4.11. The van der Waals surface area contributed by atoms with Crippen molar-refractivity contribution in [2.24, 2.45) is 12.0 Å². The van der Waals surface area contributed by atoms with E-state index in [1.54, 1.807) is 45.9 Å². The maximum atomic E-state index is 13.0. The Bertz CT molecular complexity index is 1350. The molecular weight excluding hydrogens is 438 g/mol. The van der Waals surface area contributed by atoms with Gasteiger partial charge in [0.25, 0.3) is 5.56 Å². The SMILES string of the molecule is CCOc1cc(C=Nc2c(C)n(C)n(-c3ccccc3)c2=O)ccc1OC(=O)c1cccs1. The Morgan fingerprint density at radius 2 is 1.88 bits per heavy atom. The van der Waals surface area contributed by atoms with Gasteiger partial charge in [0.2, 0.25) is 0 Å². The average Bonchev–Trinajstić information content (AvgIpc) is 3.43. The van der Waals surface area contributed by atoms with Crippen molar-refractivity contribution in [1.29, 1.82) is 0 Å². The van der Waals surface area contributed by atoms with Gasteiger partial charge in [-0.2, -0.15) is 0 Å². The number of nitrogens with zero attached hydrogens (tertiary/aromatic N) is 3. The number of rotatable bonds is 7. The van der Waals surface area contributed by atoms with Gasteiger partial charge in [0, 0.05) is 13.3 Å². The molecule has 0 aliphatic carbocycles. The van der Waals surface area contributed by atoms with Gasteiger partial charge in [0.1, 0.15) is 4.88 Å². The molecular formula is C25H23N3O4S. The molecule has 2 heterocycles. The van der Waals surface area contributed by atoms with E-state index in [9.17, 15) is 9.59 Å². The summed E-state index contributed by atoms with van der Waals surface area (Å²) in [6, 6.07) is 18.1. The van der Waals surface area contributed by atoms with Crippen molar-refractivity contribution in [3.05, 3.63) is 92.5 Å². The standard InChI is InChI=1S/C25H23N3O4S/c1-4-31-21-15-18(12-13-20(21)32-25(30)22-11-8-14-33-22)16-26-23-17(2)27(3)28(24(23)29)19-9-6-5-7-10-19/h5-16H,4H2,1-3H3. The molecule has 0 aliphatic rings. The van der Waals surface area contributed by atoms with Gasteiger partial charge in [0.15, 0.2) is 17.2 Å². The highest BCUT2D eigenvalue weighted by Crippen LogP contribution is 2.29. The molecule has 2 aromatic heterocycles. The number of thiophene rings is 1. The molecule has 4 rings (SSSR count). The van der Waals surface area contributed by atoms with Crippen LogP contribution in [0.1, 0.15) is 27.9 Å². The zero-order valence-corrected chi connectivity index (χ0v) is 19.3. The lowest BCUT2D eigenvalue weighted by atomic mass is 10.2. The highest BCUT2D eigenvalue weighted by Gasteiger charge is 2.16. The van der Waals surface area contributed by atoms with Crippen LogP contribution in [0, 0.1) is 6.92 Å².